The molecule has 0 amide bonds. The Morgan fingerprint density at radius 3 is 1.86 bits per heavy atom. The summed E-state index contributed by atoms with van der Waals surface area (Å²) in [6.07, 6.45) is 0. The van der Waals surface area contributed by atoms with Gasteiger partial charge in [-0.25, -0.2) is 0 Å². The summed E-state index contributed by atoms with van der Waals surface area (Å²) in [5.41, 5.74) is 5.04. The number of fused-ring (bicyclic) bond motifs is 1. The molecule has 100 valence electrons. The third-order valence-electron chi connectivity index (χ3n) is 3.74. The maximum Gasteiger partial charge on any atom is 0.204 e. The molecule has 1 aliphatic rings. The van der Waals surface area contributed by atoms with Crippen LogP contribution in [0.1, 0.15) is 26.4 Å². The van der Waals surface area contributed by atoms with E-state index in [4.69, 9.17) is 0 Å². The fraction of sp³-hybridized carbons (Fsp3) is 0. The molecular formula is C19H12OS. The molecule has 2 aromatic carbocycles. The van der Waals surface area contributed by atoms with Crippen LogP contribution in [0, 0.1) is 0 Å². The molecule has 0 saturated heterocycles. The lowest BCUT2D eigenvalue weighted by atomic mass is 9.94. The molecule has 0 spiro atoms. The molecule has 1 heterocycles. The normalized spacial score (nSPS) is 13.6. The van der Waals surface area contributed by atoms with Crippen molar-refractivity contribution in [2.75, 3.05) is 0 Å². The summed E-state index contributed by atoms with van der Waals surface area (Å²) in [4.78, 5) is 13.6. The fourth-order valence-electron chi connectivity index (χ4n) is 2.83. The summed E-state index contributed by atoms with van der Waals surface area (Å²) >= 11 is 1.53. The summed E-state index contributed by atoms with van der Waals surface area (Å²) in [5, 5.41) is 1.99. The molecule has 3 aromatic rings. The zero-order valence-corrected chi connectivity index (χ0v) is 12.1. The van der Waals surface area contributed by atoms with Gasteiger partial charge in [0.15, 0.2) is 0 Å². The first kappa shape index (κ1) is 12.3. The quantitative estimate of drug-likeness (QED) is 0.655. The van der Waals surface area contributed by atoms with Crippen molar-refractivity contribution in [2.24, 2.45) is 0 Å². The van der Waals surface area contributed by atoms with E-state index in [0.29, 0.717) is 0 Å². The zero-order chi connectivity index (χ0) is 14.2. The molecule has 1 aliphatic carbocycles. The largest absolute Gasteiger partial charge is 0.288 e. The molecule has 0 saturated carbocycles. The van der Waals surface area contributed by atoms with Crippen LogP contribution in [-0.4, -0.2) is 5.78 Å². The van der Waals surface area contributed by atoms with E-state index in [-0.39, 0.29) is 5.78 Å². The first-order valence-electron chi connectivity index (χ1n) is 6.84. The Bertz CT molecular complexity index is 842. The lowest BCUT2D eigenvalue weighted by Gasteiger charge is -2.08. The highest BCUT2D eigenvalue weighted by Crippen LogP contribution is 2.44. The number of rotatable bonds is 2. The molecule has 2 heteroatoms. The van der Waals surface area contributed by atoms with Crippen molar-refractivity contribution in [3.05, 3.63) is 93.7 Å². The van der Waals surface area contributed by atoms with Crippen LogP contribution in [0.2, 0.25) is 0 Å². The van der Waals surface area contributed by atoms with Crippen LogP contribution in [0.5, 0.6) is 0 Å². The molecule has 4 rings (SSSR count). The minimum Gasteiger partial charge on any atom is -0.288 e. The number of thiophene rings is 1. The SMILES string of the molecule is O=C1C(c2ccccc2)=C(c2ccccc2)c2ccsc21. The van der Waals surface area contributed by atoms with Crippen LogP contribution >= 0.6 is 11.3 Å². The van der Waals surface area contributed by atoms with Gasteiger partial charge in [0.05, 0.1) is 4.88 Å². The number of hydrogen-bond acceptors (Lipinski definition) is 2. The smallest absolute Gasteiger partial charge is 0.204 e. The van der Waals surface area contributed by atoms with Crippen molar-refractivity contribution in [2.45, 2.75) is 0 Å². The van der Waals surface area contributed by atoms with Gasteiger partial charge in [0.2, 0.25) is 5.78 Å². The standard InChI is InChI=1S/C19H12OS/c20-18-17(14-9-5-2-6-10-14)16(13-7-3-1-4-8-13)15-11-12-21-19(15)18/h1-12H. The Kier molecular flexibility index (Phi) is 2.83. The van der Waals surface area contributed by atoms with Crippen LogP contribution in [-0.2, 0) is 0 Å². The van der Waals surface area contributed by atoms with E-state index in [2.05, 4.69) is 18.2 Å². The fourth-order valence-corrected chi connectivity index (χ4v) is 3.67. The van der Waals surface area contributed by atoms with Gasteiger partial charge < -0.3 is 0 Å². The monoisotopic (exact) mass is 288 g/mol. The van der Waals surface area contributed by atoms with Gasteiger partial charge in [0.25, 0.3) is 0 Å². The van der Waals surface area contributed by atoms with Crippen molar-refractivity contribution in [3.8, 4) is 0 Å². The van der Waals surface area contributed by atoms with Crippen LogP contribution in [0.15, 0.2) is 72.1 Å². The third-order valence-corrected chi connectivity index (χ3v) is 4.66. The van der Waals surface area contributed by atoms with E-state index in [1.165, 1.54) is 11.3 Å². The van der Waals surface area contributed by atoms with Crippen molar-refractivity contribution in [3.63, 3.8) is 0 Å². The van der Waals surface area contributed by atoms with Gasteiger partial charge in [-0.15, -0.1) is 11.3 Å². The van der Waals surface area contributed by atoms with Gasteiger partial charge in [-0.05, 0) is 22.6 Å². The minimum atomic E-state index is 0.144. The Labute approximate surface area is 127 Å². The van der Waals surface area contributed by atoms with Gasteiger partial charge in [0, 0.05) is 16.7 Å². The number of carbonyl (C=O) groups excluding carboxylic acids is 1. The van der Waals surface area contributed by atoms with E-state index < -0.39 is 0 Å². The second-order valence-electron chi connectivity index (χ2n) is 4.97. The molecule has 0 N–H and O–H groups in total. The summed E-state index contributed by atoms with van der Waals surface area (Å²) < 4.78 is 0. The molecule has 0 atom stereocenters. The maximum atomic E-state index is 12.8. The van der Waals surface area contributed by atoms with E-state index in [0.717, 1.165) is 32.7 Å². The molecule has 0 radical (unpaired) electrons. The predicted molar refractivity (Wildman–Crippen MR) is 87.4 cm³/mol. The van der Waals surface area contributed by atoms with Gasteiger partial charge in [-0.3, -0.25) is 4.79 Å². The predicted octanol–water partition coefficient (Wildman–Crippen LogP) is 4.90. The summed E-state index contributed by atoms with van der Waals surface area (Å²) in [6.45, 7) is 0. The molecule has 1 nitrogen and oxygen atoms in total. The van der Waals surface area contributed by atoms with Crippen molar-refractivity contribution in [1.29, 1.82) is 0 Å². The average Bonchev–Trinajstić information content (AvgIpc) is 3.11. The summed E-state index contributed by atoms with van der Waals surface area (Å²) in [5.74, 6) is 0.144. The number of Topliss-reactive ketones (excluding diaryl/α,β-unsaturated/α-hetero) is 1. The Morgan fingerprint density at radius 1 is 0.667 bits per heavy atom. The minimum absolute atomic E-state index is 0.144. The lowest BCUT2D eigenvalue weighted by Crippen LogP contribution is -1.96. The topological polar surface area (TPSA) is 17.1 Å². The molecule has 0 fully saturated rings. The number of ketones is 1. The zero-order valence-electron chi connectivity index (χ0n) is 11.2. The first-order chi connectivity index (χ1) is 10.4. The van der Waals surface area contributed by atoms with Crippen molar-refractivity contribution >= 4 is 28.3 Å². The Hall–Kier alpha value is -2.45. The Balaban J connectivity index is 2.03. The Morgan fingerprint density at radius 2 is 1.24 bits per heavy atom. The average molecular weight is 288 g/mol. The van der Waals surface area contributed by atoms with Crippen molar-refractivity contribution < 1.29 is 4.79 Å². The second-order valence-corrected chi connectivity index (χ2v) is 5.89. The van der Waals surface area contributed by atoms with Crippen LogP contribution in [0.3, 0.4) is 0 Å². The van der Waals surface area contributed by atoms with E-state index in [1.54, 1.807) is 0 Å². The molecule has 21 heavy (non-hydrogen) atoms. The molecule has 0 unspecified atom stereocenters. The van der Waals surface area contributed by atoms with Crippen molar-refractivity contribution in [1.82, 2.24) is 0 Å². The van der Waals surface area contributed by atoms with E-state index in [1.807, 2.05) is 53.9 Å². The molecule has 0 aliphatic heterocycles. The third kappa shape index (κ3) is 1.88. The van der Waals surface area contributed by atoms with E-state index in [9.17, 15) is 4.79 Å². The second kappa shape index (κ2) is 4.83. The van der Waals surface area contributed by atoms with Crippen LogP contribution in [0.25, 0.3) is 11.1 Å². The molecule has 0 bridgehead atoms. The van der Waals surface area contributed by atoms with E-state index >= 15 is 0 Å². The number of allylic oxidation sites excluding steroid dienone is 1. The van der Waals surface area contributed by atoms with Gasteiger partial charge in [-0.2, -0.15) is 0 Å². The number of hydrogen-bond donors (Lipinski definition) is 0. The number of carbonyl (C=O) groups is 1. The summed E-state index contributed by atoms with van der Waals surface area (Å²) in [6, 6.07) is 22.2. The lowest BCUT2D eigenvalue weighted by molar-refractivity contribution is 0.106. The maximum absolute atomic E-state index is 12.8. The first-order valence-corrected chi connectivity index (χ1v) is 7.72. The van der Waals surface area contributed by atoms with Gasteiger partial charge in [0.1, 0.15) is 0 Å². The van der Waals surface area contributed by atoms with Gasteiger partial charge in [-0.1, -0.05) is 60.7 Å². The highest BCUT2D eigenvalue weighted by Gasteiger charge is 2.32. The summed E-state index contributed by atoms with van der Waals surface area (Å²) in [7, 11) is 0. The molecular weight excluding hydrogens is 276 g/mol. The highest BCUT2D eigenvalue weighted by atomic mass is 32.1. The van der Waals surface area contributed by atoms with Gasteiger partial charge >= 0.3 is 0 Å². The van der Waals surface area contributed by atoms with Crippen LogP contribution in [0.4, 0.5) is 0 Å². The highest BCUT2D eigenvalue weighted by molar-refractivity contribution is 7.13. The van der Waals surface area contributed by atoms with Crippen LogP contribution < -0.4 is 0 Å². The molecule has 1 aromatic heterocycles. The number of benzene rings is 2.